The molecule has 2 amide bonds. The number of para-hydroxylation sites is 1. The summed E-state index contributed by atoms with van der Waals surface area (Å²) < 4.78 is 0. The molecule has 0 aromatic heterocycles. The Balaban J connectivity index is 1.16. The molecule has 2 aliphatic rings. The highest BCUT2D eigenvalue weighted by Gasteiger charge is 2.49. The molecule has 1 heterocycles. The molecule has 4 rings (SSSR count). The summed E-state index contributed by atoms with van der Waals surface area (Å²) in [4.78, 5) is 29.4. The van der Waals surface area contributed by atoms with Gasteiger partial charge in [-0.15, -0.1) is 0 Å². The number of hydrogen-bond donors (Lipinski definition) is 1. The zero-order valence-electron chi connectivity index (χ0n) is 16.8. The van der Waals surface area contributed by atoms with Crippen molar-refractivity contribution in [3.8, 4) is 0 Å². The number of amides is 2. The second-order valence-electron chi connectivity index (χ2n) is 7.98. The van der Waals surface area contributed by atoms with Crippen molar-refractivity contribution >= 4 is 17.5 Å². The first-order chi connectivity index (χ1) is 14.2. The Kier molecular flexibility index (Phi) is 6.13. The average Bonchev–Trinajstić information content (AvgIpc) is 3.59. The molecule has 2 aromatic carbocycles. The summed E-state index contributed by atoms with van der Waals surface area (Å²) in [5.41, 5.74) is 2.50. The van der Waals surface area contributed by atoms with E-state index in [-0.39, 0.29) is 23.7 Å². The number of rotatable bonds is 7. The van der Waals surface area contributed by atoms with Crippen LogP contribution in [0.15, 0.2) is 60.7 Å². The first-order valence-corrected chi connectivity index (χ1v) is 10.6. The molecule has 1 aliphatic heterocycles. The van der Waals surface area contributed by atoms with E-state index in [1.165, 1.54) is 11.3 Å². The van der Waals surface area contributed by atoms with Crippen LogP contribution in [0.5, 0.6) is 0 Å². The fraction of sp³-hybridized carbons (Fsp3) is 0.417. The molecule has 5 heteroatoms. The number of nitrogens with zero attached hydrogens (tertiary/aromatic N) is 2. The van der Waals surface area contributed by atoms with Gasteiger partial charge in [0.25, 0.3) is 0 Å². The molecule has 2 atom stereocenters. The van der Waals surface area contributed by atoms with Crippen molar-refractivity contribution in [2.24, 2.45) is 11.8 Å². The predicted octanol–water partition coefficient (Wildman–Crippen LogP) is 2.72. The van der Waals surface area contributed by atoms with Crippen molar-refractivity contribution < 1.29 is 9.59 Å². The lowest BCUT2D eigenvalue weighted by atomic mass is 10.1. The van der Waals surface area contributed by atoms with E-state index < -0.39 is 0 Å². The van der Waals surface area contributed by atoms with Gasteiger partial charge in [0.1, 0.15) is 0 Å². The first-order valence-electron chi connectivity index (χ1n) is 10.6. The van der Waals surface area contributed by atoms with Crippen LogP contribution in [-0.4, -0.2) is 49.4 Å². The van der Waals surface area contributed by atoms with Gasteiger partial charge < -0.3 is 15.1 Å². The van der Waals surface area contributed by atoms with E-state index >= 15 is 0 Å². The Bertz CT molecular complexity index is 817. The molecular formula is C24H29N3O2. The number of carbonyl (C=O) groups is 2. The third-order valence-corrected chi connectivity index (χ3v) is 5.94. The Morgan fingerprint density at radius 3 is 2.21 bits per heavy atom. The monoisotopic (exact) mass is 391 g/mol. The van der Waals surface area contributed by atoms with Gasteiger partial charge in [-0.1, -0.05) is 48.5 Å². The van der Waals surface area contributed by atoms with Crippen LogP contribution < -0.4 is 10.2 Å². The maximum Gasteiger partial charge on any atom is 0.226 e. The van der Waals surface area contributed by atoms with Crippen LogP contribution in [0.3, 0.4) is 0 Å². The Morgan fingerprint density at radius 2 is 1.52 bits per heavy atom. The minimum atomic E-state index is -0.133. The van der Waals surface area contributed by atoms with Crippen LogP contribution in [0.1, 0.15) is 18.4 Å². The lowest BCUT2D eigenvalue weighted by Gasteiger charge is -2.36. The molecule has 0 bridgehead atoms. The number of benzene rings is 2. The summed E-state index contributed by atoms with van der Waals surface area (Å²) in [7, 11) is 0. The zero-order valence-corrected chi connectivity index (χ0v) is 16.8. The molecule has 1 aliphatic carbocycles. The number of anilines is 1. The van der Waals surface area contributed by atoms with Gasteiger partial charge in [-0.3, -0.25) is 9.59 Å². The van der Waals surface area contributed by atoms with Gasteiger partial charge in [0.2, 0.25) is 11.8 Å². The highest BCUT2D eigenvalue weighted by molar-refractivity contribution is 5.92. The standard InChI is InChI=1S/C24H29N3O2/c28-23(25-13-7-10-19-8-3-1-4-9-19)21-18-22(21)24(29)27-16-14-26(15-17-27)20-11-5-2-6-12-20/h1-6,8-9,11-12,21-22H,7,10,13-18H2,(H,25,28). The fourth-order valence-corrected chi connectivity index (χ4v) is 4.10. The van der Waals surface area contributed by atoms with Crippen LogP contribution in [-0.2, 0) is 16.0 Å². The number of hydrogen-bond acceptors (Lipinski definition) is 3. The Labute approximate surface area is 172 Å². The van der Waals surface area contributed by atoms with Gasteiger partial charge >= 0.3 is 0 Å². The van der Waals surface area contributed by atoms with Crippen LogP contribution in [0.4, 0.5) is 5.69 Å². The highest BCUT2D eigenvalue weighted by atomic mass is 16.2. The highest BCUT2D eigenvalue weighted by Crippen LogP contribution is 2.40. The van der Waals surface area contributed by atoms with E-state index in [1.807, 2.05) is 41.3 Å². The summed E-state index contributed by atoms with van der Waals surface area (Å²) in [6, 6.07) is 20.6. The van der Waals surface area contributed by atoms with Gasteiger partial charge in [-0.25, -0.2) is 0 Å². The first kappa shape index (κ1) is 19.5. The number of piperazine rings is 1. The van der Waals surface area contributed by atoms with Crippen molar-refractivity contribution in [3.63, 3.8) is 0 Å². The van der Waals surface area contributed by atoms with Crippen molar-refractivity contribution in [2.45, 2.75) is 19.3 Å². The minimum absolute atomic E-state index is 0.0410. The summed E-state index contributed by atoms with van der Waals surface area (Å²) in [6.45, 7) is 3.82. The van der Waals surface area contributed by atoms with Crippen molar-refractivity contribution in [3.05, 3.63) is 66.2 Å². The van der Waals surface area contributed by atoms with Crippen LogP contribution >= 0.6 is 0 Å². The molecule has 1 N–H and O–H groups in total. The van der Waals surface area contributed by atoms with E-state index in [1.54, 1.807) is 0 Å². The van der Waals surface area contributed by atoms with Crippen LogP contribution in [0.25, 0.3) is 0 Å². The second kappa shape index (κ2) is 9.12. The molecule has 5 nitrogen and oxygen atoms in total. The Hall–Kier alpha value is -2.82. The summed E-state index contributed by atoms with van der Waals surface area (Å²) in [5, 5.41) is 3.01. The average molecular weight is 392 g/mol. The van der Waals surface area contributed by atoms with Crippen LogP contribution in [0, 0.1) is 11.8 Å². The lowest BCUT2D eigenvalue weighted by molar-refractivity contribution is -0.135. The van der Waals surface area contributed by atoms with E-state index in [9.17, 15) is 9.59 Å². The SMILES string of the molecule is O=C(NCCCc1ccccc1)C1CC1C(=O)N1CCN(c2ccccc2)CC1. The van der Waals surface area contributed by atoms with Gasteiger partial charge in [-0.05, 0) is 37.0 Å². The fourth-order valence-electron chi connectivity index (χ4n) is 4.10. The molecule has 152 valence electrons. The van der Waals surface area contributed by atoms with Crippen molar-refractivity contribution in [2.75, 3.05) is 37.6 Å². The third kappa shape index (κ3) is 4.97. The number of nitrogens with one attached hydrogen (secondary N) is 1. The zero-order chi connectivity index (χ0) is 20.1. The molecular weight excluding hydrogens is 362 g/mol. The molecule has 2 unspecified atom stereocenters. The molecule has 29 heavy (non-hydrogen) atoms. The van der Waals surface area contributed by atoms with Crippen molar-refractivity contribution in [1.82, 2.24) is 10.2 Å². The van der Waals surface area contributed by atoms with Gasteiger partial charge in [-0.2, -0.15) is 0 Å². The van der Waals surface area contributed by atoms with Gasteiger partial charge in [0, 0.05) is 38.4 Å². The minimum Gasteiger partial charge on any atom is -0.368 e. The maximum atomic E-state index is 12.8. The second-order valence-corrected chi connectivity index (χ2v) is 7.98. The lowest BCUT2D eigenvalue weighted by Crippen LogP contribution is -2.49. The quantitative estimate of drug-likeness (QED) is 0.739. The van der Waals surface area contributed by atoms with E-state index in [0.717, 1.165) is 39.0 Å². The molecule has 2 fully saturated rings. The largest absolute Gasteiger partial charge is 0.368 e. The molecule has 0 spiro atoms. The molecule has 2 aromatic rings. The smallest absolute Gasteiger partial charge is 0.226 e. The van der Waals surface area contributed by atoms with Gasteiger partial charge in [0.05, 0.1) is 11.8 Å². The summed E-state index contributed by atoms with van der Waals surface area (Å²) in [6.07, 6.45) is 2.57. The van der Waals surface area contributed by atoms with Gasteiger partial charge in [0.15, 0.2) is 0 Å². The summed E-state index contributed by atoms with van der Waals surface area (Å²) in [5.74, 6) is -0.0553. The molecule has 1 saturated carbocycles. The van der Waals surface area contributed by atoms with E-state index in [0.29, 0.717) is 13.0 Å². The molecule has 1 saturated heterocycles. The topological polar surface area (TPSA) is 52.7 Å². The number of carbonyl (C=O) groups excluding carboxylic acids is 2. The van der Waals surface area contributed by atoms with Crippen molar-refractivity contribution in [1.29, 1.82) is 0 Å². The predicted molar refractivity (Wildman–Crippen MR) is 115 cm³/mol. The van der Waals surface area contributed by atoms with Crippen LogP contribution in [0.2, 0.25) is 0 Å². The summed E-state index contributed by atoms with van der Waals surface area (Å²) >= 11 is 0. The normalized spacial score (nSPS) is 21.0. The number of aryl methyl sites for hydroxylation is 1. The van der Waals surface area contributed by atoms with E-state index in [2.05, 4.69) is 34.5 Å². The Morgan fingerprint density at radius 1 is 0.862 bits per heavy atom. The molecule has 0 radical (unpaired) electrons. The maximum absolute atomic E-state index is 12.8. The van der Waals surface area contributed by atoms with E-state index in [4.69, 9.17) is 0 Å². The third-order valence-electron chi connectivity index (χ3n) is 5.94.